The van der Waals surface area contributed by atoms with Gasteiger partial charge in [-0.3, -0.25) is 4.57 Å². The third kappa shape index (κ3) is 3.57. The van der Waals surface area contributed by atoms with Crippen LogP contribution in [0.15, 0.2) is 27.8 Å². The molecular formula is C11H10BrCl2N3O3S. The molecule has 0 bridgehead atoms. The second-order valence-corrected chi connectivity index (χ2v) is 7.68. The lowest BCUT2D eigenvalue weighted by atomic mass is 10.2. The van der Waals surface area contributed by atoms with Crippen LogP contribution in [0.1, 0.15) is 0 Å². The molecule has 0 unspecified atom stereocenters. The molecule has 1 aromatic carbocycles. The standard InChI is InChI=1S/C11H10BrCl2N3O3S/c1-20-6-5-17-10(15-16-11(17)21(14,18)19)7-3-2-4-8(12)9(7)13/h2-4H,5-6H2,1H3. The molecule has 0 spiro atoms. The van der Waals surface area contributed by atoms with Crippen LogP contribution in [0.4, 0.5) is 0 Å². The largest absolute Gasteiger partial charge is 0.383 e. The van der Waals surface area contributed by atoms with Gasteiger partial charge in [0.2, 0.25) is 0 Å². The van der Waals surface area contributed by atoms with Crippen LogP contribution in [-0.2, 0) is 20.3 Å². The number of methoxy groups -OCH3 is 1. The van der Waals surface area contributed by atoms with E-state index in [1.165, 1.54) is 11.7 Å². The first-order valence-corrected chi connectivity index (χ1v) is 9.15. The molecule has 10 heteroatoms. The summed E-state index contributed by atoms with van der Waals surface area (Å²) in [5.74, 6) is 0.303. The van der Waals surface area contributed by atoms with Gasteiger partial charge in [-0.1, -0.05) is 17.7 Å². The maximum atomic E-state index is 11.6. The summed E-state index contributed by atoms with van der Waals surface area (Å²) in [4.78, 5) is 0. The summed E-state index contributed by atoms with van der Waals surface area (Å²) in [5.41, 5.74) is 0.543. The van der Waals surface area contributed by atoms with E-state index in [0.29, 0.717) is 20.9 Å². The van der Waals surface area contributed by atoms with Gasteiger partial charge in [0.15, 0.2) is 5.82 Å². The average molecular weight is 415 g/mol. The van der Waals surface area contributed by atoms with Gasteiger partial charge in [0, 0.05) is 27.8 Å². The fourth-order valence-corrected chi connectivity index (χ4v) is 3.23. The number of benzene rings is 1. The van der Waals surface area contributed by atoms with E-state index >= 15 is 0 Å². The van der Waals surface area contributed by atoms with E-state index in [2.05, 4.69) is 26.1 Å². The molecule has 0 fully saturated rings. The predicted molar refractivity (Wildman–Crippen MR) is 83.1 cm³/mol. The smallest absolute Gasteiger partial charge is 0.296 e. The summed E-state index contributed by atoms with van der Waals surface area (Å²) in [6.07, 6.45) is 0. The first-order chi connectivity index (χ1) is 9.86. The van der Waals surface area contributed by atoms with E-state index in [1.54, 1.807) is 18.2 Å². The van der Waals surface area contributed by atoms with Crippen LogP contribution in [0.5, 0.6) is 0 Å². The lowest BCUT2D eigenvalue weighted by molar-refractivity contribution is 0.185. The normalized spacial score (nSPS) is 11.8. The van der Waals surface area contributed by atoms with Gasteiger partial charge in [0.25, 0.3) is 14.2 Å². The Morgan fingerprint density at radius 2 is 2.10 bits per heavy atom. The Hall–Kier alpha value is -0.670. The molecule has 0 saturated carbocycles. The number of rotatable bonds is 5. The predicted octanol–water partition coefficient (Wildman–Crippen LogP) is 2.93. The van der Waals surface area contributed by atoms with Gasteiger partial charge in [0.05, 0.1) is 18.2 Å². The highest BCUT2D eigenvalue weighted by Crippen LogP contribution is 2.33. The van der Waals surface area contributed by atoms with Gasteiger partial charge < -0.3 is 4.74 Å². The third-order valence-corrected chi connectivity index (χ3v) is 5.09. The maximum absolute atomic E-state index is 11.6. The molecule has 0 radical (unpaired) electrons. The van der Waals surface area contributed by atoms with Gasteiger partial charge in [-0.25, -0.2) is 8.42 Å². The van der Waals surface area contributed by atoms with Crippen LogP contribution in [-0.4, -0.2) is 36.9 Å². The van der Waals surface area contributed by atoms with E-state index in [1.807, 2.05) is 0 Å². The van der Waals surface area contributed by atoms with Crippen LogP contribution >= 0.6 is 38.2 Å². The Morgan fingerprint density at radius 3 is 2.71 bits per heavy atom. The van der Waals surface area contributed by atoms with Crippen molar-refractivity contribution in [1.82, 2.24) is 14.8 Å². The molecule has 0 N–H and O–H groups in total. The van der Waals surface area contributed by atoms with Crippen molar-refractivity contribution in [2.24, 2.45) is 0 Å². The molecular weight excluding hydrogens is 405 g/mol. The molecule has 6 nitrogen and oxygen atoms in total. The van der Waals surface area contributed by atoms with E-state index in [0.717, 1.165) is 0 Å². The molecule has 0 aliphatic heterocycles. The molecule has 0 amide bonds. The number of ether oxygens (including phenoxy) is 1. The molecule has 1 heterocycles. The first kappa shape index (κ1) is 16.7. The van der Waals surface area contributed by atoms with Crippen LogP contribution in [0.3, 0.4) is 0 Å². The fraction of sp³-hybridized carbons (Fsp3) is 0.273. The monoisotopic (exact) mass is 413 g/mol. The van der Waals surface area contributed by atoms with Crippen molar-refractivity contribution >= 4 is 47.3 Å². The highest BCUT2D eigenvalue weighted by Gasteiger charge is 2.24. The average Bonchev–Trinajstić information content (AvgIpc) is 2.83. The lowest BCUT2D eigenvalue weighted by Gasteiger charge is -2.10. The summed E-state index contributed by atoms with van der Waals surface area (Å²) in [6, 6.07) is 5.24. The molecule has 0 aliphatic carbocycles. The summed E-state index contributed by atoms with van der Waals surface area (Å²) in [5, 5.41) is 7.61. The van der Waals surface area contributed by atoms with Crippen molar-refractivity contribution in [1.29, 1.82) is 0 Å². The summed E-state index contributed by atoms with van der Waals surface area (Å²) < 4.78 is 30.1. The minimum absolute atomic E-state index is 0.225. The van der Waals surface area contributed by atoms with Crippen molar-refractivity contribution in [3.8, 4) is 11.4 Å². The summed E-state index contributed by atoms with van der Waals surface area (Å²) >= 11 is 9.52. The Bertz CT molecular complexity index is 764. The molecule has 2 aromatic rings. The van der Waals surface area contributed by atoms with Gasteiger partial charge in [0.1, 0.15) is 0 Å². The van der Waals surface area contributed by atoms with E-state index in [9.17, 15) is 8.42 Å². The van der Waals surface area contributed by atoms with E-state index in [-0.39, 0.29) is 18.3 Å². The van der Waals surface area contributed by atoms with Crippen molar-refractivity contribution in [2.75, 3.05) is 13.7 Å². The zero-order valence-corrected chi connectivity index (χ0v) is 14.7. The second kappa shape index (κ2) is 6.62. The SMILES string of the molecule is COCCn1c(-c2cccc(Br)c2Cl)nnc1S(=O)(=O)Cl. The molecule has 1 aromatic heterocycles. The Balaban J connectivity index is 2.64. The van der Waals surface area contributed by atoms with Gasteiger partial charge in [-0.2, -0.15) is 0 Å². The minimum Gasteiger partial charge on any atom is -0.383 e. The van der Waals surface area contributed by atoms with Gasteiger partial charge >= 0.3 is 0 Å². The summed E-state index contributed by atoms with van der Waals surface area (Å²) in [6.45, 7) is 0.499. The Labute approximate surface area is 139 Å². The van der Waals surface area contributed by atoms with Crippen molar-refractivity contribution in [3.05, 3.63) is 27.7 Å². The van der Waals surface area contributed by atoms with Crippen LogP contribution in [0.25, 0.3) is 11.4 Å². The molecule has 21 heavy (non-hydrogen) atoms. The van der Waals surface area contributed by atoms with Crippen molar-refractivity contribution < 1.29 is 13.2 Å². The van der Waals surface area contributed by atoms with Gasteiger partial charge in [-0.05, 0) is 28.1 Å². The number of nitrogens with zero attached hydrogens (tertiary/aromatic N) is 3. The van der Waals surface area contributed by atoms with Crippen LogP contribution < -0.4 is 0 Å². The van der Waals surface area contributed by atoms with Crippen LogP contribution in [0, 0.1) is 0 Å². The number of hydrogen-bond donors (Lipinski definition) is 0. The highest BCUT2D eigenvalue weighted by molar-refractivity contribution is 9.10. The Morgan fingerprint density at radius 1 is 1.38 bits per heavy atom. The Kier molecular flexibility index (Phi) is 5.26. The molecule has 0 aliphatic rings. The quantitative estimate of drug-likeness (QED) is 0.703. The summed E-state index contributed by atoms with van der Waals surface area (Å²) in [7, 11) is 2.86. The zero-order valence-electron chi connectivity index (χ0n) is 10.8. The van der Waals surface area contributed by atoms with Crippen molar-refractivity contribution in [2.45, 2.75) is 11.7 Å². The van der Waals surface area contributed by atoms with Gasteiger partial charge in [-0.15, -0.1) is 10.2 Å². The maximum Gasteiger partial charge on any atom is 0.296 e. The molecule has 0 atom stereocenters. The fourth-order valence-electron chi connectivity index (χ4n) is 1.73. The zero-order chi connectivity index (χ0) is 15.6. The third-order valence-electron chi connectivity index (χ3n) is 2.65. The molecule has 114 valence electrons. The molecule has 2 rings (SSSR count). The highest BCUT2D eigenvalue weighted by atomic mass is 79.9. The lowest BCUT2D eigenvalue weighted by Crippen LogP contribution is -2.11. The second-order valence-electron chi connectivity index (χ2n) is 3.99. The van der Waals surface area contributed by atoms with Crippen LogP contribution in [0.2, 0.25) is 5.02 Å². The topological polar surface area (TPSA) is 74.1 Å². The van der Waals surface area contributed by atoms with Crippen molar-refractivity contribution in [3.63, 3.8) is 0 Å². The number of aromatic nitrogens is 3. The number of hydrogen-bond acceptors (Lipinski definition) is 5. The van der Waals surface area contributed by atoms with E-state index < -0.39 is 9.05 Å². The molecule has 0 saturated heterocycles. The minimum atomic E-state index is -4.02. The first-order valence-electron chi connectivity index (χ1n) is 5.67. The van der Waals surface area contributed by atoms with E-state index in [4.69, 9.17) is 27.0 Å². The number of halogens is 3.